The number of allylic oxidation sites excluding steroid dienone is 1. The molecule has 0 saturated carbocycles. The van der Waals surface area contributed by atoms with Crippen LogP contribution in [0, 0.1) is 0 Å². The molecular formula is C58H38N4. The summed E-state index contributed by atoms with van der Waals surface area (Å²) in [6.45, 7) is 0. The molecule has 1 aliphatic rings. The van der Waals surface area contributed by atoms with Gasteiger partial charge in [0.1, 0.15) is 0 Å². The van der Waals surface area contributed by atoms with Gasteiger partial charge in [-0.2, -0.15) is 0 Å². The van der Waals surface area contributed by atoms with Crippen LogP contribution in [0.3, 0.4) is 0 Å². The molecule has 3 aromatic heterocycles. The molecule has 0 spiro atoms. The maximum Gasteiger partial charge on any atom is 0.235 e. The fourth-order valence-corrected chi connectivity index (χ4v) is 10.2. The van der Waals surface area contributed by atoms with Crippen LogP contribution in [-0.2, 0) is 6.42 Å². The summed E-state index contributed by atoms with van der Waals surface area (Å²) in [6, 6.07) is 72.2. The first kappa shape index (κ1) is 34.8. The third-order valence-corrected chi connectivity index (χ3v) is 13.1. The van der Waals surface area contributed by atoms with Crippen molar-refractivity contribution < 1.29 is 0 Å². The van der Waals surface area contributed by atoms with Crippen molar-refractivity contribution in [1.29, 1.82) is 0 Å². The van der Waals surface area contributed by atoms with Gasteiger partial charge in [0.2, 0.25) is 5.95 Å². The van der Waals surface area contributed by atoms with Crippen molar-refractivity contribution in [1.82, 2.24) is 19.1 Å². The molecule has 62 heavy (non-hydrogen) atoms. The number of hydrogen-bond donors (Lipinski definition) is 0. The van der Waals surface area contributed by atoms with E-state index < -0.39 is 0 Å². The Balaban J connectivity index is 1.000. The van der Waals surface area contributed by atoms with Gasteiger partial charge in [-0.25, -0.2) is 9.97 Å². The number of rotatable bonds is 5. The molecule has 4 heteroatoms. The summed E-state index contributed by atoms with van der Waals surface area (Å²) in [6.07, 6.45) is 5.69. The van der Waals surface area contributed by atoms with Crippen molar-refractivity contribution in [3.63, 3.8) is 0 Å². The average molecular weight is 791 g/mol. The van der Waals surface area contributed by atoms with E-state index in [-0.39, 0.29) is 5.92 Å². The SMILES string of the molecule is C1=CC(c2cc3c4ccccc4n(-c4nc(-c5ccc6cc(-c7ccccc7)ccc6c5)c5ccccc5n4)c3c3ccccc23)Cc2c1c1ccccc1n2-c1ccccc1. The number of benzene rings is 9. The minimum atomic E-state index is 0.172. The molecule has 13 rings (SSSR count). The van der Waals surface area contributed by atoms with Crippen LogP contribution in [0.15, 0.2) is 206 Å². The fourth-order valence-electron chi connectivity index (χ4n) is 10.2. The maximum absolute atomic E-state index is 5.53. The van der Waals surface area contributed by atoms with Crippen molar-refractivity contribution in [2.45, 2.75) is 12.3 Å². The summed E-state index contributed by atoms with van der Waals surface area (Å²) in [5.41, 5.74) is 14.0. The minimum Gasteiger partial charge on any atom is -0.313 e. The highest BCUT2D eigenvalue weighted by Gasteiger charge is 2.27. The van der Waals surface area contributed by atoms with Gasteiger partial charge in [0, 0.05) is 55.4 Å². The zero-order valence-electron chi connectivity index (χ0n) is 33.8. The second-order valence-corrected chi connectivity index (χ2v) is 16.5. The van der Waals surface area contributed by atoms with Gasteiger partial charge in [-0.15, -0.1) is 0 Å². The van der Waals surface area contributed by atoms with Crippen LogP contribution in [-0.4, -0.2) is 19.1 Å². The van der Waals surface area contributed by atoms with Crippen LogP contribution in [0.25, 0.3) is 105 Å². The molecule has 1 unspecified atom stereocenters. The van der Waals surface area contributed by atoms with Gasteiger partial charge in [0.25, 0.3) is 0 Å². The van der Waals surface area contributed by atoms with E-state index in [0.29, 0.717) is 5.95 Å². The molecule has 1 atom stereocenters. The van der Waals surface area contributed by atoms with E-state index in [2.05, 4.69) is 221 Å². The standard InChI is InChI=1S/C58H38N4/c1-3-15-37(16-4-1)38-27-28-40-34-42(30-29-39(40)33-38)56-49-23-9-12-24-52(49)59-58(60-56)62-54-26-14-11-21-46(54)51-36-50(44-19-7-8-22-48(44)57(51)62)41-31-32-47-45-20-10-13-25-53(45)61(55(47)35-41)43-17-5-2-6-18-43/h1-34,36,41H,35H2. The Morgan fingerprint density at radius 2 is 1.05 bits per heavy atom. The molecule has 0 saturated heterocycles. The van der Waals surface area contributed by atoms with Gasteiger partial charge in [0.05, 0.1) is 27.8 Å². The van der Waals surface area contributed by atoms with Gasteiger partial charge >= 0.3 is 0 Å². The molecule has 1 aliphatic carbocycles. The van der Waals surface area contributed by atoms with Crippen LogP contribution in [0.4, 0.5) is 0 Å². The molecule has 4 nitrogen and oxygen atoms in total. The summed E-state index contributed by atoms with van der Waals surface area (Å²) < 4.78 is 4.78. The molecule has 0 radical (unpaired) electrons. The van der Waals surface area contributed by atoms with Crippen molar-refractivity contribution >= 4 is 71.2 Å². The first-order valence-corrected chi connectivity index (χ1v) is 21.4. The maximum atomic E-state index is 5.53. The van der Waals surface area contributed by atoms with E-state index >= 15 is 0 Å². The predicted octanol–water partition coefficient (Wildman–Crippen LogP) is 14.7. The number of nitrogens with zero attached hydrogens (tertiary/aromatic N) is 4. The number of fused-ring (bicyclic) bond motifs is 10. The lowest BCUT2D eigenvalue weighted by molar-refractivity contribution is 0.789. The monoisotopic (exact) mass is 790 g/mol. The van der Waals surface area contributed by atoms with Crippen LogP contribution in [0.1, 0.15) is 22.7 Å². The number of hydrogen-bond acceptors (Lipinski definition) is 2. The topological polar surface area (TPSA) is 35.6 Å². The third kappa shape index (κ3) is 5.33. The summed E-state index contributed by atoms with van der Waals surface area (Å²) in [5, 5.41) is 9.52. The molecule has 3 heterocycles. The predicted molar refractivity (Wildman–Crippen MR) is 259 cm³/mol. The quantitative estimate of drug-likeness (QED) is 0.174. The number of aromatic nitrogens is 4. The molecule has 0 N–H and O–H groups in total. The second-order valence-electron chi connectivity index (χ2n) is 16.5. The van der Waals surface area contributed by atoms with E-state index in [0.717, 1.165) is 39.6 Å². The smallest absolute Gasteiger partial charge is 0.235 e. The largest absolute Gasteiger partial charge is 0.313 e. The minimum absolute atomic E-state index is 0.172. The molecule has 0 aliphatic heterocycles. The Hall–Kier alpha value is -8.08. The Labute approximate surface area is 358 Å². The first-order valence-electron chi connectivity index (χ1n) is 21.4. The zero-order valence-corrected chi connectivity index (χ0v) is 33.8. The molecule has 290 valence electrons. The van der Waals surface area contributed by atoms with Gasteiger partial charge in [-0.3, -0.25) is 4.57 Å². The summed E-state index contributed by atoms with van der Waals surface area (Å²) in [4.78, 5) is 10.9. The lowest BCUT2D eigenvalue weighted by Crippen LogP contribution is -2.10. The second kappa shape index (κ2) is 13.7. The normalized spacial score (nSPS) is 13.8. The van der Waals surface area contributed by atoms with Crippen molar-refractivity contribution in [2.75, 3.05) is 0 Å². The lowest BCUT2D eigenvalue weighted by Gasteiger charge is -2.23. The van der Waals surface area contributed by atoms with Crippen molar-refractivity contribution in [2.24, 2.45) is 0 Å². The van der Waals surface area contributed by atoms with Crippen molar-refractivity contribution in [3.05, 3.63) is 223 Å². The Bertz CT molecular complexity index is 3780. The molecule has 0 bridgehead atoms. The van der Waals surface area contributed by atoms with Crippen molar-refractivity contribution in [3.8, 4) is 34.0 Å². The molecular weight excluding hydrogens is 753 g/mol. The van der Waals surface area contributed by atoms with E-state index in [1.807, 2.05) is 0 Å². The summed E-state index contributed by atoms with van der Waals surface area (Å²) in [5.74, 6) is 0.836. The molecule has 12 aromatic rings. The van der Waals surface area contributed by atoms with Gasteiger partial charge in [-0.05, 0) is 87.8 Å². The van der Waals surface area contributed by atoms with Crippen LogP contribution in [0.5, 0.6) is 0 Å². The highest BCUT2D eigenvalue weighted by atomic mass is 15.2. The van der Waals surface area contributed by atoms with Gasteiger partial charge < -0.3 is 4.57 Å². The van der Waals surface area contributed by atoms with E-state index in [9.17, 15) is 0 Å². The Kier molecular flexibility index (Phi) is 7.70. The molecule has 9 aromatic carbocycles. The fraction of sp³-hybridized carbons (Fsp3) is 0.0345. The van der Waals surface area contributed by atoms with Crippen LogP contribution >= 0.6 is 0 Å². The molecule has 0 amide bonds. The van der Waals surface area contributed by atoms with E-state index in [1.54, 1.807) is 0 Å². The summed E-state index contributed by atoms with van der Waals surface area (Å²) >= 11 is 0. The Morgan fingerprint density at radius 1 is 0.435 bits per heavy atom. The average Bonchev–Trinajstić information content (AvgIpc) is 3.86. The van der Waals surface area contributed by atoms with Crippen LogP contribution in [0.2, 0.25) is 0 Å². The highest BCUT2D eigenvalue weighted by molar-refractivity contribution is 6.19. The summed E-state index contributed by atoms with van der Waals surface area (Å²) in [7, 11) is 0. The Morgan fingerprint density at radius 3 is 1.84 bits per heavy atom. The zero-order chi connectivity index (χ0) is 40.7. The third-order valence-electron chi connectivity index (χ3n) is 13.1. The highest BCUT2D eigenvalue weighted by Crippen LogP contribution is 2.44. The van der Waals surface area contributed by atoms with Gasteiger partial charge in [-0.1, -0.05) is 164 Å². The van der Waals surface area contributed by atoms with Gasteiger partial charge in [0.15, 0.2) is 0 Å². The molecule has 0 fully saturated rings. The lowest BCUT2D eigenvalue weighted by atomic mass is 9.84. The van der Waals surface area contributed by atoms with Crippen LogP contribution < -0.4 is 0 Å². The first-order chi connectivity index (χ1) is 30.7. The van der Waals surface area contributed by atoms with E-state index in [1.165, 1.54) is 76.9 Å². The van der Waals surface area contributed by atoms with E-state index in [4.69, 9.17) is 9.97 Å². The number of para-hydroxylation sites is 4.